The predicted molar refractivity (Wildman–Crippen MR) is 83.5 cm³/mol. The van der Waals surface area contributed by atoms with Crippen LogP contribution in [0.1, 0.15) is 65.7 Å². The molecule has 3 nitrogen and oxygen atoms in total. The van der Waals surface area contributed by atoms with E-state index in [-0.39, 0.29) is 35.7 Å². The fourth-order valence-electron chi connectivity index (χ4n) is 3.01. The molecule has 114 valence electrons. The van der Waals surface area contributed by atoms with Crippen LogP contribution in [0.3, 0.4) is 0 Å². The molecule has 1 amide bonds. The Balaban J connectivity index is 0.00000324. The molecule has 1 aliphatic carbocycles. The fourth-order valence-corrected chi connectivity index (χ4v) is 3.01. The van der Waals surface area contributed by atoms with Gasteiger partial charge >= 0.3 is 0 Å². The molecular formula is C15H31ClN2O. The van der Waals surface area contributed by atoms with Crippen LogP contribution < -0.4 is 11.1 Å². The number of hydrogen-bond acceptors (Lipinski definition) is 2. The van der Waals surface area contributed by atoms with E-state index in [1.54, 1.807) is 0 Å². The molecule has 0 heterocycles. The van der Waals surface area contributed by atoms with Gasteiger partial charge in [-0.3, -0.25) is 4.79 Å². The highest BCUT2D eigenvalue weighted by Gasteiger charge is 2.28. The van der Waals surface area contributed by atoms with Crippen LogP contribution in [0.25, 0.3) is 0 Å². The van der Waals surface area contributed by atoms with E-state index in [2.05, 4.69) is 26.1 Å². The van der Waals surface area contributed by atoms with Crippen LogP contribution in [0.4, 0.5) is 0 Å². The van der Waals surface area contributed by atoms with Crippen molar-refractivity contribution in [2.24, 2.45) is 17.1 Å². The summed E-state index contributed by atoms with van der Waals surface area (Å²) in [6.45, 7) is 7.47. The largest absolute Gasteiger partial charge is 0.355 e. The third-order valence-electron chi connectivity index (χ3n) is 4.97. The smallest absolute Gasteiger partial charge is 0.223 e. The van der Waals surface area contributed by atoms with Gasteiger partial charge in [0.25, 0.3) is 0 Å². The summed E-state index contributed by atoms with van der Waals surface area (Å²) in [5.41, 5.74) is 6.23. The monoisotopic (exact) mass is 290 g/mol. The second kappa shape index (κ2) is 8.80. The summed E-state index contributed by atoms with van der Waals surface area (Å²) in [6, 6.07) is 0.225. The van der Waals surface area contributed by atoms with Crippen molar-refractivity contribution >= 4 is 18.3 Å². The van der Waals surface area contributed by atoms with E-state index in [0.717, 1.165) is 51.5 Å². The molecule has 0 radical (unpaired) electrons. The highest BCUT2D eigenvalue weighted by molar-refractivity contribution is 5.85. The highest BCUT2D eigenvalue weighted by Crippen LogP contribution is 2.30. The van der Waals surface area contributed by atoms with E-state index < -0.39 is 0 Å². The second-order valence-electron chi connectivity index (χ2n) is 5.90. The van der Waals surface area contributed by atoms with Crippen LogP contribution in [-0.4, -0.2) is 18.5 Å². The maximum absolute atomic E-state index is 12.2. The normalized spacial score (nSPS) is 23.6. The van der Waals surface area contributed by atoms with Gasteiger partial charge in [-0.2, -0.15) is 0 Å². The molecule has 0 aromatic carbocycles. The molecule has 2 unspecified atom stereocenters. The Kier molecular flexibility index (Phi) is 8.67. The molecule has 19 heavy (non-hydrogen) atoms. The number of carbonyl (C=O) groups is 1. The van der Waals surface area contributed by atoms with Crippen LogP contribution >= 0.6 is 12.4 Å². The number of nitrogens with one attached hydrogen (secondary N) is 1. The third-order valence-corrected chi connectivity index (χ3v) is 4.97. The minimum Gasteiger partial charge on any atom is -0.355 e. The van der Waals surface area contributed by atoms with E-state index >= 15 is 0 Å². The summed E-state index contributed by atoms with van der Waals surface area (Å²) in [5.74, 6) is 0.377. The first kappa shape index (κ1) is 18.7. The van der Waals surface area contributed by atoms with E-state index in [1.807, 2.05) is 0 Å². The molecule has 0 aliphatic heterocycles. The van der Waals surface area contributed by atoms with Crippen molar-refractivity contribution in [1.29, 1.82) is 0 Å². The van der Waals surface area contributed by atoms with Gasteiger partial charge in [0.2, 0.25) is 5.91 Å². The zero-order chi connectivity index (χ0) is 13.6. The SMILES string of the molecule is CCC(CC)(CC)CNC(=O)C1CCCC(N)C1.Cl. The summed E-state index contributed by atoms with van der Waals surface area (Å²) in [7, 11) is 0. The zero-order valence-electron chi connectivity index (χ0n) is 12.7. The Morgan fingerprint density at radius 2 is 1.79 bits per heavy atom. The second-order valence-corrected chi connectivity index (χ2v) is 5.90. The maximum Gasteiger partial charge on any atom is 0.223 e. The lowest BCUT2D eigenvalue weighted by molar-refractivity contribution is -0.126. The van der Waals surface area contributed by atoms with Gasteiger partial charge in [-0.1, -0.05) is 27.2 Å². The van der Waals surface area contributed by atoms with Crippen LogP contribution in [0.5, 0.6) is 0 Å². The van der Waals surface area contributed by atoms with Gasteiger partial charge in [0.15, 0.2) is 0 Å². The molecule has 0 aromatic heterocycles. The van der Waals surface area contributed by atoms with Crippen molar-refractivity contribution < 1.29 is 4.79 Å². The Labute approximate surface area is 124 Å². The van der Waals surface area contributed by atoms with Crippen LogP contribution in [0.2, 0.25) is 0 Å². The van der Waals surface area contributed by atoms with Gasteiger partial charge in [0, 0.05) is 18.5 Å². The fraction of sp³-hybridized carbons (Fsp3) is 0.933. The Morgan fingerprint density at radius 3 is 2.26 bits per heavy atom. The van der Waals surface area contributed by atoms with Crippen LogP contribution in [-0.2, 0) is 4.79 Å². The summed E-state index contributed by atoms with van der Waals surface area (Å²) in [4.78, 5) is 12.2. The van der Waals surface area contributed by atoms with E-state index in [0.29, 0.717) is 0 Å². The first-order valence-electron chi connectivity index (χ1n) is 7.60. The lowest BCUT2D eigenvalue weighted by atomic mass is 9.79. The summed E-state index contributed by atoms with van der Waals surface area (Å²) in [5, 5.41) is 3.17. The van der Waals surface area contributed by atoms with Crippen LogP contribution in [0.15, 0.2) is 0 Å². The molecule has 1 aliphatic rings. The zero-order valence-corrected chi connectivity index (χ0v) is 13.5. The molecule has 0 bridgehead atoms. The first-order valence-corrected chi connectivity index (χ1v) is 7.60. The van der Waals surface area contributed by atoms with E-state index in [9.17, 15) is 4.79 Å². The van der Waals surface area contributed by atoms with Gasteiger partial charge in [-0.05, 0) is 43.9 Å². The minimum absolute atomic E-state index is 0. The minimum atomic E-state index is 0. The van der Waals surface area contributed by atoms with Crippen molar-refractivity contribution in [2.45, 2.75) is 71.8 Å². The quantitative estimate of drug-likeness (QED) is 0.789. The van der Waals surface area contributed by atoms with Crippen molar-refractivity contribution in [1.82, 2.24) is 5.32 Å². The lowest BCUT2D eigenvalue weighted by Gasteiger charge is -2.32. The number of rotatable bonds is 6. The lowest BCUT2D eigenvalue weighted by Crippen LogP contribution is -2.42. The molecule has 3 N–H and O–H groups in total. The van der Waals surface area contributed by atoms with Crippen molar-refractivity contribution in [3.63, 3.8) is 0 Å². The number of nitrogens with two attached hydrogens (primary N) is 1. The number of halogens is 1. The number of carbonyl (C=O) groups excluding carboxylic acids is 1. The van der Waals surface area contributed by atoms with E-state index in [1.165, 1.54) is 0 Å². The Morgan fingerprint density at radius 1 is 1.21 bits per heavy atom. The number of hydrogen-bond donors (Lipinski definition) is 2. The molecule has 0 saturated heterocycles. The average molecular weight is 291 g/mol. The van der Waals surface area contributed by atoms with Gasteiger partial charge in [0.1, 0.15) is 0 Å². The third kappa shape index (κ3) is 5.31. The molecule has 1 fully saturated rings. The molecular weight excluding hydrogens is 260 g/mol. The molecule has 1 saturated carbocycles. The summed E-state index contributed by atoms with van der Waals surface area (Å²) >= 11 is 0. The first-order chi connectivity index (χ1) is 8.56. The molecule has 1 rings (SSSR count). The average Bonchev–Trinajstić information content (AvgIpc) is 2.40. The predicted octanol–water partition coefficient (Wildman–Crippen LogP) is 3.26. The van der Waals surface area contributed by atoms with Gasteiger partial charge in [0.05, 0.1) is 0 Å². The van der Waals surface area contributed by atoms with Gasteiger partial charge < -0.3 is 11.1 Å². The maximum atomic E-state index is 12.2. The van der Waals surface area contributed by atoms with Gasteiger partial charge in [-0.15, -0.1) is 12.4 Å². The van der Waals surface area contributed by atoms with Crippen molar-refractivity contribution in [2.75, 3.05) is 6.54 Å². The van der Waals surface area contributed by atoms with Crippen LogP contribution in [0, 0.1) is 11.3 Å². The summed E-state index contributed by atoms with van der Waals surface area (Å²) < 4.78 is 0. The Hall–Kier alpha value is -0.280. The molecule has 0 aromatic rings. The van der Waals surface area contributed by atoms with Gasteiger partial charge in [-0.25, -0.2) is 0 Å². The molecule has 4 heteroatoms. The van der Waals surface area contributed by atoms with Crippen molar-refractivity contribution in [3.05, 3.63) is 0 Å². The summed E-state index contributed by atoms with van der Waals surface area (Å²) in [6.07, 6.45) is 7.44. The highest BCUT2D eigenvalue weighted by atomic mass is 35.5. The molecule has 2 atom stereocenters. The van der Waals surface area contributed by atoms with E-state index in [4.69, 9.17) is 5.73 Å². The van der Waals surface area contributed by atoms with Crippen molar-refractivity contribution in [3.8, 4) is 0 Å². The Bertz CT molecular complexity index is 259. The molecule has 0 spiro atoms. The standard InChI is InChI=1S/C15H30N2O.ClH/c1-4-15(5-2,6-3)11-17-14(18)12-8-7-9-13(16)10-12;/h12-13H,4-11,16H2,1-3H3,(H,17,18);1H. The number of amides is 1. The topological polar surface area (TPSA) is 55.1 Å².